The summed E-state index contributed by atoms with van der Waals surface area (Å²) in [6, 6.07) is 12.1. The molecule has 8 heteroatoms. The lowest BCUT2D eigenvalue weighted by Gasteiger charge is -2.29. The van der Waals surface area contributed by atoms with Crippen molar-refractivity contribution >= 4 is 15.7 Å². The predicted octanol–water partition coefficient (Wildman–Crippen LogP) is 3.57. The largest absolute Gasteiger partial charge is 0.493 e. The number of methoxy groups -OCH3 is 2. The van der Waals surface area contributed by atoms with Crippen molar-refractivity contribution in [3.05, 3.63) is 53.6 Å². The number of nitrogens with zero attached hydrogens (tertiary/aromatic N) is 1. The fourth-order valence-electron chi connectivity index (χ4n) is 3.69. The van der Waals surface area contributed by atoms with Gasteiger partial charge >= 0.3 is 0 Å². The summed E-state index contributed by atoms with van der Waals surface area (Å²) in [4.78, 5) is 15.1. The van der Waals surface area contributed by atoms with E-state index in [-0.39, 0.29) is 30.0 Å². The first-order valence-electron chi connectivity index (χ1n) is 10.7. The van der Waals surface area contributed by atoms with E-state index < -0.39 is 9.84 Å². The van der Waals surface area contributed by atoms with E-state index in [9.17, 15) is 13.2 Å². The monoisotopic (exact) mass is 461 g/mol. The zero-order valence-corrected chi connectivity index (χ0v) is 19.9. The Morgan fingerprint density at radius 3 is 2.31 bits per heavy atom. The zero-order chi connectivity index (χ0) is 23.3. The van der Waals surface area contributed by atoms with E-state index >= 15 is 0 Å². The molecule has 0 aliphatic carbocycles. The van der Waals surface area contributed by atoms with E-state index in [4.69, 9.17) is 14.2 Å². The summed E-state index contributed by atoms with van der Waals surface area (Å²) in [6.45, 7) is 5.00. The van der Waals surface area contributed by atoms with Gasteiger partial charge in [0.05, 0.1) is 32.3 Å². The molecule has 0 radical (unpaired) electrons. The highest BCUT2D eigenvalue weighted by Crippen LogP contribution is 2.30. The van der Waals surface area contributed by atoms with Crippen LogP contribution in [-0.2, 0) is 16.4 Å². The lowest BCUT2D eigenvalue weighted by Crippen LogP contribution is -2.40. The Morgan fingerprint density at radius 2 is 1.75 bits per heavy atom. The average molecular weight is 462 g/mol. The molecule has 2 aromatic carbocycles. The van der Waals surface area contributed by atoms with Crippen molar-refractivity contribution in [2.45, 2.75) is 32.9 Å². The molecule has 0 unspecified atom stereocenters. The summed E-state index contributed by atoms with van der Waals surface area (Å²) >= 11 is 0. The molecule has 0 saturated carbocycles. The van der Waals surface area contributed by atoms with E-state index in [1.807, 2.05) is 12.1 Å². The lowest BCUT2D eigenvalue weighted by molar-refractivity contribution is 0.0680. The van der Waals surface area contributed by atoms with Crippen LogP contribution in [0.15, 0.2) is 42.5 Å². The molecule has 32 heavy (non-hydrogen) atoms. The van der Waals surface area contributed by atoms with Gasteiger partial charge in [0.25, 0.3) is 5.91 Å². The number of hydrogen-bond acceptors (Lipinski definition) is 6. The van der Waals surface area contributed by atoms with Crippen LogP contribution in [0.2, 0.25) is 0 Å². The number of sulfone groups is 1. The molecule has 174 valence electrons. The van der Waals surface area contributed by atoms with Gasteiger partial charge in [-0.25, -0.2) is 8.42 Å². The van der Waals surface area contributed by atoms with Gasteiger partial charge in [0.15, 0.2) is 21.3 Å². The highest BCUT2D eigenvalue weighted by atomic mass is 32.2. The van der Waals surface area contributed by atoms with Crippen molar-refractivity contribution in [1.82, 2.24) is 4.90 Å². The third-order valence-corrected chi connectivity index (χ3v) is 7.15. The molecule has 0 bridgehead atoms. The van der Waals surface area contributed by atoms with Gasteiger partial charge in [-0.15, -0.1) is 0 Å². The molecule has 3 rings (SSSR count). The first-order valence-corrected chi connectivity index (χ1v) is 12.5. The quantitative estimate of drug-likeness (QED) is 0.568. The number of rotatable bonds is 9. The third kappa shape index (κ3) is 5.94. The number of hydrogen-bond donors (Lipinski definition) is 0. The number of benzene rings is 2. The van der Waals surface area contributed by atoms with Crippen LogP contribution in [0.3, 0.4) is 0 Å². The van der Waals surface area contributed by atoms with E-state index in [0.717, 1.165) is 5.56 Å². The topological polar surface area (TPSA) is 82.1 Å². The van der Waals surface area contributed by atoms with Gasteiger partial charge in [-0.3, -0.25) is 4.79 Å². The number of ether oxygens (including phenoxy) is 3. The highest BCUT2D eigenvalue weighted by Gasteiger charge is 2.35. The predicted molar refractivity (Wildman–Crippen MR) is 123 cm³/mol. The van der Waals surface area contributed by atoms with Crippen LogP contribution in [0, 0.1) is 5.92 Å². The first-order chi connectivity index (χ1) is 15.2. The maximum Gasteiger partial charge on any atom is 0.254 e. The van der Waals surface area contributed by atoms with E-state index in [1.54, 1.807) is 49.5 Å². The highest BCUT2D eigenvalue weighted by molar-refractivity contribution is 7.91. The second-order valence-electron chi connectivity index (χ2n) is 8.41. The molecular weight excluding hydrogens is 430 g/mol. The Balaban J connectivity index is 1.85. The molecule has 1 aliphatic rings. The Bertz CT molecular complexity index is 1030. The van der Waals surface area contributed by atoms with Crippen molar-refractivity contribution in [3.63, 3.8) is 0 Å². The molecule has 0 aromatic heterocycles. The summed E-state index contributed by atoms with van der Waals surface area (Å²) in [5.41, 5.74) is 1.32. The summed E-state index contributed by atoms with van der Waals surface area (Å²) in [6.07, 6.45) is 0.428. The van der Waals surface area contributed by atoms with Crippen LogP contribution in [0.25, 0.3) is 0 Å². The van der Waals surface area contributed by atoms with Crippen molar-refractivity contribution in [2.24, 2.45) is 5.92 Å². The summed E-state index contributed by atoms with van der Waals surface area (Å²) in [5, 5.41) is 0. The van der Waals surface area contributed by atoms with Gasteiger partial charge < -0.3 is 19.1 Å². The smallest absolute Gasteiger partial charge is 0.254 e. The Kier molecular flexibility index (Phi) is 7.66. The van der Waals surface area contributed by atoms with Crippen LogP contribution in [0.5, 0.6) is 17.2 Å². The average Bonchev–Trinajstić information content (AvgIpc) is 3.15. The lowest BCUT2D eigenvalue weighted by atomic mass is 10.1. The second kappa shape index (κ2) is 10.3. The van der Waals surface area contributed by atoms with Crippen molar-refractivity contribution in [2.75, 3.05) is 32.3 Å². The molecular formula is C24H31NO6S. The second-order valence-corrected chi connectivity index (χ2v) is 10.6. The number of carbonyl (C=O) groups is 1. The zero-order valence-electron chi connectivity index (χ0n) is 19.0. The summed E-state index contributed by atoms with van der Waals surface area (Å²) in [7, 11) is -0.0394. The molecule has 1 amide bonds. The Morgan fingerprint density at radius 1 is 1.06 bits per heavy atom. The molecule has 1 saturated heterocycles. The first kappa shape index (κ1) is 23.9. The van der Waals surface area contributed by atoms with Crippen LogP contribution >= 0.6 is 0 Å². The molecule has 7 nitrogen and oxygen atoms in total. The summed E-state index contributed by atoms with van der Waals surface area (Å²) < 4.78 is 40.6. The van der Waals surface area contributed by atoms with Gasteiger partial charge in [-0.2, -0.15) is 0 Å². The normalized spacial score (nSPS) is 17.2. The minimum absolute atomic E-state index is 0.0262. The molecule has 0 N–H and O–H groups in total. The molecule has 0 spiro atoms. The Labute approximate surface area is 190 Å². The van der Waals surface area contributed by atoms with Gasteiger partial charge in [0.2, 0.25) is 0 Å². The molecule has 1 fully saturated rings. The summed E-state index contributed by atoms with van der Waals surface area (Å²) in [5.74, 6) is 2.11. The Hall–Kier alpha value is -2.74. The van der Waals surface area contributed by atoms with Crippen molar-refractivity contribution in [1.29, 1.82) is 0 Å². The van der Waals surface area contributed by atoms with E-state index in [0.29, 0.717) is 41.8 Å². The van der Waals surface area contributed by atoms with E-state index in [1.165, 1.54) is 0 Å². The number of carbonyl (C=O) groups excluding carboxylic acids is 1. The fraction of sp³-hybridized carbons (Fsp3) is 0.458. The third-order valence-electron chi connectivity index (χ3n) is 5.40. The van der Waals surface area contributed by atoms with Gasteiger partial charge in [0, 0.05) is 18.2 Å². The maximum absolute atomic E-state index is 13.4. The molecule has 1 atom stereocenters. The fourth-order valence-corrected chi connectivity index (χ4v) is 5.42. The SMILES string of the molecule is COc1ccc(CN(C(=O)c2ccc(OCC(C)C)cc2)[C@@H]2CCS(=O)(=O)C2)cc1OC. The minimum Gasteiger partial charge on any atom is -0.493 e. The van der Waals surface area contributed by atoms with Gasteiger partial charge in [0.1, 0.15) is 5.75 Å². The van der Waals surface area contributed by atoms with Crippen molar-refractivity contribution in [3.8, 4) is 17.2 Å². The molecule has 1 aliphatic heterocycles. The number of amides is 1. The molecule has 2 aromatic rings. The van der Waals surface area contributed by atoms with Crippen molar-refractivity contribution < 1.29 is 27.4 Å². The van der Waals surface area contributed by atoms with E-state index in [2.05, 4.69) is 13.8 Å². The standard InChI is InChI=1S/C24H31NO6S/c1-17(2)15-31-21-8-6-19(7-9-21)24(26)25(20-11-12-32(27,28)16-20)14-18-5-10-22(29-3)23(13-18)30-4/h5-10,13,17,20H,11-12,14-16H2,1-4H3/t20-/m1/s1. The molecule has 1 heterocycles. The van der Waals surface area contributed by atoms with Crippen LogP contribution in [0.1, 0.15) is 36.2 Å². The van der Waals surface area contributed by atoms with Gasteiger partial charge in [-0.1, -0.05) is 19.9 Å². The minimum atomic E-state index is -3.15. The van der Waals surface area contributed by atoms with Crippen LogP contribution < -0.4 is 14.2 Å². The maximum atomic E-state index is 13.4. The van der Waals surface area contributed by atoms with Crippen LogP contribution in [0.4, 0.5) is 0 Å². The van der Waals surface area contributed by atoms with Crippen LogP contribution in [-0.4, -0.2) is 57.6 Å². The van der Waals surface area contributed by atoms with Gasteiger partial charge in [-0.05, 0) is 54.3 Å².